The van der Waals surface area contributed by atoms with Gasteiger partial charge in [0.25, 0.3) is 5.91 Å². The lowest BCUT2D eigenvalue weighted by Crippen LogP contribution is -2.35. The molecule has 1 fully saturated rings. The van der Waals surface area contributed by atoms with Crippen molar-refractivity contribution in [3.05, 3.63) is 53.4 Å². The number of benzene rings is 1. The van der Waals surface area contributed by atoms with E-state index < -0.39 is 5.54 Å². The van der Waals surface area contributed by atoms with Crippen LogP contribution >= 0.6 is 0 Å². The molecule has 0 unspecified atom stereocenters. The Kier molecular flexibility index (Phi) is 2.62. The molecule has 1 aromatic heterocycles. The van der Waals surface area contributed by atoms with E-state index in [1.807, 2.05) is 0 Å². The maximum atomic E-state index is 13.8. The average molecular weight is 259 g/mol. The summed E-state index contributed by atoms with van der Waals surface area (Å²) in [4.78, 5) is 19.0. The number of imidazole rings is 1. The Morgan fingerprint density at radius 2 is 2.16 bits per heavy atom. The molecule has 0 aliphatic heterocycles. The molecule has 1 aromatic carbocycles. The van der Waals surface area contributed by atoms with Gasteiger partial charge in [-0.15, -0.1) is 0 Å². The van der Waals surface area contributed by atoms with E-state index in [0.29, 0.717) is 17.1 Å². The molecule has 19 heavy (non-hydrogen) atoms. The quantitative estimate of drug-likeness (QED) is 0.888. The van der Waals surface area contributed by atoms with Gasteiger partial charge in [0.1, 0.15) is 17.3 Å². The molecule has 3 rings (SSSR count). The molecule has 0 saturated heterocycles. The minimum Gasteiger partial charge on any atom is -0.341 e. The number of rotatable bonds is 3. The molecule has 2 aromatic rings. The summed E-state index contributed by atoms with van der Waals surface area (Å²) >= 11 is 0. The summed E-state index contributed by atoms with van der Waals surface area (Å²) in [6.45, 7) is 1.78. The Balaban J connectivity index is 1.83. The number of nitrogens with zero attached hydrogens (tertiary/aromatic N) is 1. The number of aromatic amines is 1. The van der Waals surface area contributed by atoms with Gasteiger partial charge in [-0.1, -0.05) is 18.2 Å². The number of hydrogen-bond acceptors (Lipinski definition) is 2. The smallest absolute Gasteiger partial charge is 0.270 e. The van der Waals surface area contributed by atoms with Crippen LogP contribution in [0.2, 0.25) is 0 Å². The summed E-state index contributed by atoms with van der Waals surface area (Å²) in [5, 5.41) is 2.90. The number of aryl methyl sites for hydroxylation is 1. The highest BCUT2D eigenvalue weighted by Crippen LogP contribution is 2.46. The molecule has 5 heteroatoms. The van der Waals surface area contributed by atoms with Crippen molar-refractivity contribution in [2.45, 2.75) is 25.3 Å². The lowest BCUT2D eigenvalue weighted by Gasteiger charge is -2.18. The van der Waals surface area contributed by atoms with Crippen LogP contribution in [0, 0.1) is 12.7 Å². The number of hydrogen-bond donors (Lipinski definition) is 2. The van der Waals surface area contributed by atoms with Crippen LogP contribution < -0.4 is 5.32 Å². The first kappa shape index (κ1) is 11.9. The van der Waals surface area contributed by atoms with Gasteiger partial charge in [-0.25, -0.2) is 9.37 Å². The summed E-state index contributed by atoms with van der Waals surface area (Å²) in [5.74, 6) is 0.156. The van der Waals surface area contributed by atoms with Crippen molar-refractivity contribution in [2.24, 2.45) is 0 Å². The van der Waals surface area contributed by atoms with Crippen molar-refractivity contribution in [3.63, 3.8) is 0 Å². The Hall–Kier alpha value is -2.17. The first-order chi connectivity index (χ1) is 9.11. The van der Waals surface area contributed by atoms with Crippen LogP contribution in [0.4, 0.5) is 4.39 Å². The van der Waals surface area contributed by atoms with E-state index in [1.54, 1.807) is 25.1 Å². The van der Waals surface area contributed by atoms with Gasteiger partial charge in [-0.2, -0.15) is 0 Å². The van der Waals surface area contributed by atoms with E-state index in [2.05, 4.69) is 15.3 Å². The zero-order valence-corrected chi connectivity index (χ0v) is 10.5. The predicted molar refractivity (Wildman–Crippen MR) is 68.1 cm³/mol. The molecule has 1 aliphatic carbocycles. The largest absolute Gasteiger partial charge is 0.341 e. The minimum absolute atomic E-state index is 0.249. The van der Waals surface area contributed by atoms with E-state index in [4.69, 9.17) is 0 Å². The fourth-order valence-corrected chi connectivity index (χ4v) is 2.26. The third kappa shape index (κ3) is 2.12. The summed E-state index contributed by atoms with van der Waals surface area (Å²) in [7, 11) is 0. The number of carbonyl (C=O) groups excluding carboxylic acids is 1. The van der Waals surface area contributed by atoms with Crippen LogP contribution in [0.3, 0.4) is 0 Å². The van der Waals surface area contributed by atoms with Gasteiger partial charge in [-0.3, -0.25) is 4.79 Å². The zero-order valence-electron chi connectivity index (χ0n) is 10.5. The molecule has 1 heterocycles. The lowest BCUT2D eigenvalue weighted by atomic mass is 10.0. The van der Waals surface area contributed by atoms with Gasteiger partial charge < -0.3 is 10.3 Å². The van der Waals surface area contributed by atoms with Crippen LogP contribution in [0.25, 0.3) is 0 Å². The molecule has 0 atom stereocenters. The van der Waals surface area contributed by atoms with Crippen molar-refractivity contribution in [1.82, 2.24) is 15.3 Å². The molecule has 4 nitrogen and oxygen atoms in total. The molecule has 1 amide bonds. The van der Waals surface area contributed by atoms with Crippen molar-refractivity contribution >= 4 is 5.91 Å². The maximum Gasteiger partial charge on any atom is 0.270 e. The van der Waals surface area contributed by atoms with Gasteiger partial charge in [0.15, 0.2) is 0 Å². The van der Waals surface area contributed by atoms with Crippen LogP contribution in [-0.4, -0.2) is 15.9 Å². The standard InChI is InChI=1S/C14H14FN3O/c1-9-16-8-12(17-9)13(19)18-14(6-7-14)10-4-2-3-5-11(10)15/h2-5,8H,6-7H2,1H3,(H,16,17)(H,18,19). The van der Waals surface area contributed by atoms with Crippen LogP contribution in [0.5, 0.6) is 0 Å². The van der Waals surface area contributed by atoms with Gasteiger partial charge >= 0.3 is 0 Å². The van der Waals surface area contributed by atoms with E-state index in [9.17, 15) is 9.18 Å². The van der Waals surface area contributed by atoms with E-state index >= 15 is 0 Å². The number of carbonyl (C=O) groups is 1. The highest BCUT2D eigenvalue weighted by Gasteiger charge is 2.47. The number of H-pyrrole nitrogens is 1. The maximum absolute atomic E-state index is 13.8. The summed E-state index contributed by atoms with van der Waals surface area (Å²) in [6, 6.07) is 6.57. The van der Waals surface area contributed by atoms with Crippen molar-refractivity contribution < 1.29 is 9.18 Å². The van der Waals surface area contributed by atoms with E-state index in [0.717, 1.165) is 12.8 Å². The van der Waals surface area contributed by atoms with Gasteiger partial charge in [0, 0.05) is 5.56 Å². The first-order valence-electron chi connectivity index (χ1n) is 6.20. The molecule has 0 spiro atoms. The monoisotopic (exact) mass is 259 g/mol. The molecular formula is C14H14FN3O. The number of nitrogens with one attached hydrogen (secondary N) is 2. The zero-order chi connectivity index (χ0) is 13.5. The first-order valence-corrected chi connectivity index (χ1v) is 6.20. The minimum atomic E-state index is -0.554. The van der Waals surface area contributed by atoms with Gasteiger partial charge in [0.05, 0.1) is 11.7 Å². The SMILES string of the molecule is Cc1ncc(C(=O)NC2(c3ccccc3F)CC2)[nH]1. The predicted octanol–water partition coefficient (Wildman–Crippen LogP) is 2.28. The van der Waals surface area contributed by atoms with Gasteiger partial charge in [0.2, 0.25) is 0 Å². The Morgan fingerprint density at radius 1 is 1.42 bits per heavy atom. The molecule has 1 saturated carbocycles. The molecular weight excluding hydrogens is 245 g/mol. The van der Waals surface area contributed by atoms with Crippen LogP contribution in [0.1, 0.15) is 34.7 Å². The molecule has 98 valence electrons. The van der Waals surface area contributed by atoms with Crippen molar-refractivity contribution in [3.8, 4) is 0 Å². The number of aromatic nitrogens is 2. The lowest BCUT2D eigenvalue weighted by molar-refractivity contribution is 0.0925. The van der Waals surface area contributed by atoms with Crippen LogP contribution in [0.15, 0.2) is 30.5 Å². The summed E-state index contributed by atoms with van der Waals surface area (Å²) < 4.78 is 13.8. The topological polar surface area (TPSA) is 57.8 Å². The van der Waals surface area contributed by atoms with E-state index in [1.165, 1.54) is 12.3 Å². The van der Waals surface area contributed by atoms with Crippen molar-refractivity contribution in [1.29, 1.82) is 0 Å². The second-order valence-electron chi connectivity index (χ2n) is 4.90. The average Bonchev–Trinajstić information content (AvgIpc) is 3.02. The van der Waals surface area contributed by atoms with Gasteiger partial charge in [-0.05, 0) is 25.8 Å². The summed E-state index contributed by atoms with van der Waals surface area (Å²) in [6.07, 6.45) is 3.00. The summed E-state index contributed by atoms with van der Waals surface area (Å²) in [5.41, 5.74) is 0.404. The molecule has 0 radical (unpaired) electrons. The normalized spacial score (nSPS) is 16.1. The van der Waals surface area contributed by atoms with Crippen LogP contribution in [-0.2, 0) is 5.54 Å². The Bertz CT molecular complexity index is 631. The molecule has 2 N–H and O–H groups in total. The second kappa shape index (κ2) is 4.19. The fraction of sp³-hybridized carbons (Fsp3) is 0.286. The molecule has 0 bridgehead atoms. The van der Waals surface area contributed by atoms with E-state index in [-0.39, 0.29) is 11.7 Å². The fourth-order valence-electron chi connectivity index (χ4n) is 2.26. The third-order valence-electron chi connectivity index (χ3n) is 3.44. The van der Waals surface area contributed by atoms with Crippen molar-refractivity contribution in [2.75, 3.05) is 0 Å². The Labute approximate surface area is 110 Å². The number of amides is 1. The third-order valence-corrected chi connectivity index (χ3v) is 3.44. The highest BCUT2D eigenvalue weighted by atomic mass is 19.1. The second-order valence-corrected chi connectivity index (χ2v) is 4.90. The number of halogens is 1. The molecule has 1 aliphatic rings. The Morgan fingerprint density at radius 3 is 2.74 bits per heavy atom. The highest BCUT2D eigenvalue weighted by molar-refractivity contribution is 5.93.